The molecule has 0 radical (unpaired) electrons. The van der Waals surface area contributed by atoms with E-state index in [4.69, 9.17) is 4.74 Å². The maximum atomic E-state index is 13.0. The molecule has 2 heterocycles. The summed E-state index contributed by atoms with van der Waals surface area (Å²) in [5, 5.41) is 2.67. The highest BCUT2D eigenvalue weighted by Gasteiger charge is 2.18. The van der Waals surface area contributed by atoms with Gasteiger partial charge in [0.1, 0.15) is 11.9 Å². The molecule has 0 atom stereocenters. The lowest BCUT2D eigenvalue weighted by molar-refractivity contribution is -0.116. The van der Waals surface area contributed by atoms with Gasteiger partial charge in [-0.05, 0) is 19.1 Å². The van der Waals surface area contributed by atoms with E-state index in [1.165, 1.54) is 29.9 Å². The lowest BCUT2D eigenvalue weighted by atomic mass is 10.2. The average Bonchev–Trinajstić information content (AvgIpc) is 2.86. The molecule has 10 heteroatoms. The van der Waals surface area contributed by atoms with E-state index in [0.717, 1.165) is 10.1 Å². The van der Waals surface area contributed by atoms with Crippen molar-refractivity contribution >= 4 is 28.6 Å². The maximum absolute atomic E-state index is 13.0. The molecule has 172 valence electrons. The van der Waals surface area contributed by atoms with Gasteiger partial charge in [-0.1, -0.05) is 42.5 Å². The number of aromatic nitrogens is 4. The van der Waals surface area contributed by atoms with E-state index in [0.29, 0.717) is 5.82 Å². The van der Waals surface area contributed by atoms with Crippen LogP contribution in [-0.4, -0.2) is 37.6 Å². The molecule has 0 saturated carbocycles. The molecule has 0 aliphatic rings. The number of ether oxygens (including phenoxy) is 1. The first-order chi connectivity index (χ1) is 16.4. The number of amides is 1. The summed E-state index contributed by atoms with van der Waals surface area (Å²) in [6.07, 6.45) is 1.34. The minimum absolute atomic E-state index is 0.0986. The lowest BCUT2D eigenvalue weighted by Gasteiger charge is -2.12. The summed E-state index contributed by atoms with van der Waals surface area (Å²) in [5.41, 5.74) is -0.116. The van der Waals surface area contributed by atoms with E-state index in [1.807, 2.05) is 30.3 Å². The number of nitrogens with one attached hydrogen (secondary N) is 1. The number of carbonyl (C=O) groups excluding carboxylic acids is 2. The van der Waals surface area contributed by atoms with Gasteiger partial charge in [0.2, 0.25) is 5.91 Å². The van der Waals surface area contributed by atoms with Crippen LogP contribution in [-0.2, 0) is 23.1 Å². The highest BCUT2D eigenvalue weighted by atomic mass is 16.5. The molecule has 0 fully saturated rings. The fourth-order valence-electron chi connectivity index (χ4n) is 3.46. The van der Waals surface area contributed by atoms with Gasteiger partial charge >= 0.3 is 11.7 Å². The van der Waals surface area contributed by atoms with Crippen molar-refractivity contribution in [3.8, 4) is 11.4 Å². The zero-order chi connectivity index (χ0) is 24.2. The molecule has 0 spiro atoms. The Morgan fingerprint density at radius 3 is 2.47 bits per heavy atom. The first-order valence-electron chi connectivity index (χ1n) is 10.5. The number of esters is 1. The Morgan fingerprint density at radius 2 is 1.74 bits per heavy atom. The normalized spacial score (nSPS) is 10.8. The topological polar surface area (TPSA) is 125 Å². The Kier molecular flexibility index (Phi) is 6.30. The minimum atomic E-state index is -0.705. The summed E-state index contributed by atoms with van der Waals surface area (Å²) in [6, 6.07) is 15.5. The maximum Gasteiger partial charge on any atom is 0.340 e. The summed E-state index contributed by atoms with van der Waals surface area (Å²) >= 11 is 0. The number of carbonyl (C=O) groups is 2. The lowest BCUT2D eigenvalue weighted by Crippen LogP contribution is -2.42. The first kappa shape index (κ1) is 22.6. The highest BCUT2D eigenvalue weighted by molar-refractivity contribution is 6.01. The molecule has 10 nitrogen and oxygen atoms in total. The number of rotatable bonds is 6. The summed E-state index contributed by atoms with van der Waals surface area (Å²) in [7, 11) is 1.47. The molecular formula is C24H21N5O5. The fraction of sp³-hybridized carbons (Fsp3) is 0.167. The van der Waals surface area contributed by atoms with Crippen LogP contribution in [0.15, 0.2) is 70.4 Å². The fourth-order valence-corrected chi connectivity index (χ4v) is 3.46. The van der Waals surface area contributed by atoms with Gasteiger partial charge in [0.15, 0.2) is 11.5 Å². The van der Waals surface area contributed by atoms with Crippen LogP contribution in [0.2, 0.25) is 0 Å². The van der Waals surface area contributed by atoms with Crippen LogP contribution < -0.4 is 16.6 Å². The van der Waals surface area contributed by atoms with Gasteiger partial charge in [0.05, 0.1) is 17.9 Å². The van der Waals surface area contributed by atoms with Crippen LogP contribution in [0, 0.1) is 0 Å². The molecule has 0 unspecified atom stereocenters. The zero-order valence-corrected chi connectivity index (χ0v) is 18.5. The largest absolute Gasteiger partial charge is 0.462 e. The van der Waals surface area contributed by atoms with Crippen molar-refractivity contribution in [3.63, 3.8) is 0 Å². The molecule has 1 amide bonds. The molecule has 0 aliphatic heterocycles. The van der Waals surface area contributed by atoms with Crippen molar-refractivity contribution in [3.05, 3.63) is 87.2 Å². The van der Waals surface area contributed by atoms with Crippen LogP contribution in [0.4, 0.5) is 5.69 Å². The second-order valence-corrected chi connectivity index (χ2v) is 7.34. The first-order valence-corrected chi connectivity index (χ1v) is 10.5. The molecular weight excluding hydrogens is 438 g/mol. The van der Waals surface area contributed by atoms with Gasteiger partial charge in [0.25, 0.3) is 5.56 Å². The molecule has 0 bridgehead atoms. The third kappa shape index (κ3) is 4.33. The van der Waals surface area contributed by atoms with Crippen molar-refractivity contribution in [2.75, 3.05) is 11.9 Å². The van der Waals surface area contributed by atoms with E-state index in [-0.39, 0.29) is 28.9 Å². The third-order valence-electron chi connectivity index (χ3n) is 5.11. The van der Waals surface area contributed by atoms with E-state index < -0.39 is 29.7 Å². The highest BCUT2D eigenvalue weighted by Crippen LogP contribution is 2.17. The van der Waals surface area contributed by atoms with E-state index in [1.54, 1.807) is 19.1 Å². The van der Waals surface area contributed by atoms with Gasteiger partial charge in [0, 0.05) is 18.8 Å². The molecule has 2 aromatic heterocycles. The van der Waals surface area contributed by atoms with Gasteiger partial charge in [-0.3, -0.25) is 18.7 Å². The Bertz CT molecular complexity index is 1510. The van der Waals surface area contributed by atoms with Crippen LogP contribution >= 0.6 is 0 Å². The smallest absolute Gasteiger partial charge is 0.340 e. The van der Waals surface area contributed by atoms with Crippen LogP contribution in [0.3, 0.4) is 0 Å². The van der Waals surface area contributed by atoms with Crippen molar-refractivity contribution in [2.45, 2.75) is 13.5 Å². The number of fused-ring (bicyclic) bond motifs is 1. The van der Waals surface area contributed by atoms with E-state index in [2.05, 4.69) is 15.3 Å². The quantitative estimate of drug-likeness (QED) is 0.437. The Labute approximate surface area is 193 Å². The molecule has 1 N–H and O–H groups in total. The van der Waals surface area contributed by atoms with Crippen molar-refractivity contribution in [1.29, 1.82) is 0 Å². The summed E-state index contributed by atoms with van der Waals surface area (Å²) in [4.78, 5) is 59.4. The molecule has 0 aliphatic carbocycles. The summed E-state index contributed by atoms with van der Waals surface area (Å²) in [6.45, 7) is 1.30. The van der Waals surface area contributed by atoms with Crippen molar-refractivity contribution in [2.24, 2.45) is 7.05 Å². The van der Waals surface area contributed by atoms with Gasteiger partial charge in [-0.25, -0.2) is 19.6 Å². The van der Waals surface area contributed by atoms with E-state index in [9.17, 15) is 19.2 Å². The standard InChI is InChI=1S/C24H21N5O5/c1-3-34-23(32)16-11-7-8-12-18(16)26-19(30)14-29-22(31)17-13-25-20(15-9-5-4-6-10-15)27-21(17)28(2)24(29)33/h4-13H,3,14H2,1-2H3,(H,26,30). The monoisotopic (exact) mass is 459 g/mol. The molecule has 34 heavy (non-hydrogen) atoms. The summed E-state index contributed by atoms with van der Waals surface area (Å²) in [5.74, 6) is -0.880. The predicted octanol–water partition coefficient (Wildman–Crippen LogP) is 1.97. The zero-order valence-electron chi connectivity index (χ0n) is 18.5. The van der Waals surface area contributed by atoms with Crippen LogP contribution in [0.5, 0.6) is 0 Å². The van der Waals surface area contributed by atoms with Gasteiger partial charge < -0.3 is 10.1 Å². The molecule has 0 saturated heterocycles. The molecule has 4 rings (SSSR count). The minimum Gasteiger partial charge on any atom is -0.462 e. The molecule has 4 aromatic rings. The number of nitrogens with zero attached hydrogens (tertiary/aromatic N) is 4. The third-order valence-corrected chi connectivity index (χ3v) is 5.11. The Balaban J connectivity index is 1.67. The SMILES string of the molecule is CCOC(=O)c1ccccc1NC(=O)Cn1c(=O)c2cnc(-c3ccccc3)nc2n(C)c1=O. The molecule has 2 aromatic carbocycles. The summed E-state index contributed by atoms with van der Waals surface area (Å²) < 4.78 is 7.00. The predicted molar refractivity (Wildman–Crippen MR) is 126 cm³/mol. The number of hydrogen-bond acceptors (Lipinski definition) is 7. The number of anilines is 1. The van der Waals surface area contributed by atoms with Gasteiger partial charge in [-0.15, -0.1) is 0 Å². The number of para-hydroxylation sites is 1. The van der Waals surface area contributed by atoms with Crippen LogP contribution in [0.25, 0.3) is 22.4 Å². The Hall–Kier alpha value is -4.60. The van der Waals surface area contributed by atoms with Crippen molar-refractivity contribution < 1.29 is 14.3 Å². The van der Waals surface area contributed by atoms with Gasteiger partial charge in [-0.2, -0.15) is 0 Å². The second kappa shape index (κ2) is 9.49. The van der Waals surface area contributed by atoms with E-state index >= 15 is 0 Å². The number of aryl methyl sites for hydroxylation is 1. The van der Waals surface area contributed by atoms with Crippen LogP contribution in [0.1, 0.15) is 17.3 Å². The number of hydrogen-bond donors (Lipinski definition) is 1. The Morgan fingerprint density at radius 1 is 1.03 bits per heavy atom. The second-order valence-electron chi connectivity index (χ2n) is 7.34. The number of benzene rings is 2. The average molecular weight is 459 g/mol. The van der Waals surface area contributed by atoms with Crippen molar-refractivity contribution in [1.82, 2.24) is 19.1 Å².